The highest BCUT2D eigenvalue weighted by molar-refractivity contribution is 7.90. The molecule has 5 heteroatoms. The van der Waals surface area contributed by atoms with E-state index in [1.807, 2.05) is 51.1 Å². The molecule has 0 bridgehead atoms. The van der Waals surface area contributed by atoms with Crippen LogP contribution in [-0.2, 0) is 11.4 Å². The number of hydrogen-bond acceptors (Lipinski definition) is 3. The number of halogens is 1. The molecular formula is C13H21ClN2OS. The summed E-state index contributed by atoms with van der Waals surface area (Å²) in [5.41, 5.74) is 1.04. The van der Waals surface area contributed by atoms with Crippen LogP contribution in [-0.4, -0.2) is 25.1 Å². The van der Waals surface area contributed by atoms with Gasteiger partial charge >= 0.3 is 0 Å². The van der Waals surface area contributed by atoms with Crippen molar-refractivity contribution < 1.29 is 4.55 Å². The average molecular weight is 289 g/mol. The SMILES string of the molecule is CCN(C(C)c1ccnc(Cl)c1)[S+]([O-])C(C)(C)C. The van der Waals surface area contributed by atoms with Crippen molar-refractivity contribution in [1.29, 1.82) is 0 Å². The number of aromatic nitrogens is 1. The third-order valence-corrected chi connectivity index (χ3v) is 4.97. The Bertz CT molecular complexity index is 395. The molecule has 0 radical (unpaired) electrons. The van der Waals surface area contributed by atoms with Gasteiger partial charge in [0.15, 0.2) is 0 Å². The minimum absolute atomic E-state index is 0.0514. The van der Waals surface area contributed by atoms with Gasteiger partial charge in [-0.05, 0) is 52.3 Å². The zero-order valence-corrected chi connectivity index (χ0v) is 13.2. The van der Waals surface area contributed by atoms with Crippen LogP contribution in [0.2, 0.25) is 5.15 Å². The molecule has 0 spiro atoms. The first kappa shape index (κ1) is 15.8. The average Bonchev–Trinajstić information content (AvgIpc) is 2.28. The fraction of sp³-hybridized carbons (Fsp3) is 0.615. The summed E-state index contributed by atoms with van der Waals surface area (Å²) in [5, 5.41) is 0.469. The van der Waals surface area contributed by atoms with Crippen molar-refractivity contribution >= 4 is 23.0 Å². The van der Waals surface area contributed by atoms with E-state index in [0.717, 1.165) is 12.1 Å². The van der Waals surface area contributed by atoms with Crippen LogP contribution in [0.25, 0.3) is 0 Å². The minimum atomic E-state index is -1.04. The normalized spacial score (nSPS) is 15.8. The fourth-order valence-corrected chi connectivity index (χ4v) is 3.26. The zero-order chi connectivity index (χ0) is 13.9. The molecule has 0 aliphatic rings. The topological polar surface area (TPSA) is 39.2 Å². The summed E-state index contributed by atoms with van der Waals surface area (Å²) in [5.74, 6) is 0. The molecule has 0 aliphatic carbocycles. The van der Waals surface area contributed by atoms with Gasteiger partial charge in [0.1, 0.15) is 9.90 Å². The van der Waals surface area contributed by atoms with E-state index in [9.17, 15) is 4.55 Å². The first-order chi connectivity index (χ1) is 8.27. The standard InChI is InChI=1S/C13H21ClN2OS/c1-6-16(18(17)13(3,4)5)10(2)11-7-8-15-12(14)9-11/h7-10H,6H2,1-5H3. The molecule has 1 heterocycles. The molecule has 0 saturated heterocycles. The molecule has 102 valence electrons. The summed E-state index contributed by atoms with van der Waals surface area (Å²) in [4.78, 5) is 3.97. The van der Waals surface area contributed by atoms with E-state index in [2.05, 4.69) is 4.98 Å². The van der Waals surface area contributed by atoms with E-state index in [1.165, 1.54) is 0 Å². The first-order valence-corrected chi connectivity index (χ1v) is 7.56. The molecule has 0 N–H and O–H groups in total. The molecule has 1 rings (SSSR count). The highest BCUT2D eigenvalue weighted by Crippen LogP contribution is 2.29. The van der Waals surface area contributed by atoms with Crippen LogP contribution in [0.15, 0.2) is 18.3 Å². The maximum Gasteiger partial charge on any atom is 0.137 e. The summed E-state index contributed by atoms with van der Waals surface area (Å²) < 4.78 is 14.2. The van der Waals surface area contributed by atoms with Gasteiger partial charge in [-0.3, -0.25) is 0 Å². The number of nitrogens with zero attached hydrogens (tertiary/aromatic N) is 2. The van der Waals surface area contributed by atoms with Crippen LogP contribution in [0.4, 0.5) is 0 Å². The smallest absolute Gasteiger partial charge is 0.137 e. The van der Waals surface area contributed by atoms with Crippen molar-refractivity contribution in [2.75, 3.05) is 6.54 Å². The van der Waals surface area contributed by atoms with E-state index in [0.29, 0.717) is 5.15 Å². The van der Waals surface area contributed by atoms with E-state index in [-0.39, 0.29) is 10.8 Å². The Morgan fingerprint density at radius 2 is 2.11 bits per heavy atom. The number of pyridine rings is 1. The van der Waals surface area contributed by atoms with Gasteiger partial charge in [-0.2, -0.15) is 0 Å². The molecule has 1 aromatic rings. The van der Waals surface area contributed by atoms with Crippen LogP contribution in [0.5, 0.6) is 0 Å². The summed E-state index contributed by atoms with van der Waals surface area (Å²) in [7, 11) is 0. The van der Waals surface area contributed by atoms with Crippen molar-refractivity contribution in [3.8, 4) is 0 Å². The van der Waals surface area contributed by atoms with Crippen LogP contribution < -0.4 is 0 Å². The van der Waals surface area contributed by atoms with Gasteiger partial charge in [-0.15, -0.1) is 4.31 Å². The monoisotopic (exact) mass is 288 g/mol. The van der Waals surface area contributed by atoms with E-state index >= 15 is 0 Å². The lowest BCUT2D eigenvalue weighted by atomic mass is 10.1. The third kappa shape index (κ3) is 3.85. The summed E-state index contributed by atoms with van der Waals surface area (Å²) >= 11 is 4.86. The van der Waals surface area contributed by atoms with Crippen molar-refractivity contribution in [3.05, 3.63) is 29.0 Å². The van der Waals surface area contributed by atoms with Crippen LogP contribution in [0.1, 0.15) is 46.2 Å². The van der Waals surface area contributed by atoms with Crippen molar-refractivity contribution in [3.63, 3.8) is 0 Å². The zero-order valence-electron chi connectivity index (χ0n) is 11.6. The molecule has 0 saturated carbocycles. The van der Waals surface area contributed by atoms with E-state index < -0.39 is 11.4 Å². The highest BCUT2D eigenvalue weighted by Gasteiger charge is 2.35. The largest absolute Gasteiger partial charge is 0.597 e. The summed E-state index contributed by atoms with van der Waals surface area (Å²) in [6.07, 6.45) is 1.68. The number of rotatable bonds is 4. The molecule has 0 aliphatic heterocycles. The predicted octanol–water partition coefficient (Wildman–Crippen LogP) is 3.58. The van der Waals surface area contributed by atoms with E-state index in [4.69, 9.17) is 11.6 Å². The first-order valence-electron chi connectivity index (χ1n) is 6.07. The lowest BCUT2D eigenvalue weighted by Crippen LogP contribution is -2.44. The van der Waals surface area contributed by atoms with Crippen molar-refractivity contribution in [2.45, 2.75) is 45.4 Å². The molecule has 0 aromatic carbocycles. The van der Waals surface area contributed by atoms with Crippen molar-refractivity contribution in [1.82, 2.24) is 9.29 Å². The third-order valence-electron chi connectivity index (χ3n) is 2.71. The molecule has 2 unspecified atom stereocenters. The van der Waals surface area contributed by atoms with Crippen molar-refractivity contribution in [2.24, 2.45) is 0 Å². The van der Waals surface area contributed by atoms with Crippen LogP contribution >= 0.6 is 11.6 Å². The second-order valence-electron chi connectivity index (χ2n) is 5.18. The van der Waals surface area contributed by atoms with Crippen LogP contribution in [0.3, 0.4) is 0 Å². The Morgan fingerprint density at radius 1 is 1.50 bits per heavy atom. The molecule has 0 amide bonds. The summed E-state index contributed by atoms with van der Waals surface area (Å²) in [6.45, 7) is 10.7. The van der Waals surface area contributed by atoms with Gasteiger partial charge in [-0.25, -0.2) is 4.98 Å². The van der Waals surface area contributed by atoms with E-state index in [1.54, 1.807) is 6.20 Å². The summed E-state index contributed by atoms with van der Waals surface area (Å²) in [6, 6.07) is 3.80. The van der Waals surface area contributed by atoms with Gasteiger partial charge in [-0.1, -0.05) is 11.6 Å². The van der Waals surface area contributed by atoms with Gasteiger partial charge in [0.25, 0.3) is 0 Å². The second-order valence-corrected chi connectivity index (χ2v) is 7.76. The molecule has 18 heavy (non-hydrogen) atoms. The molecule has 2 atom stereocenters. The Kier molecular flexibility index (Phi) is 5.46. The predicted molar refractivity (Wildman–Crippen MR) is 77.9 cm³/mol. The molecule has 3 nitrogen and oxygen atoms in total. The second kappa shape index (κ2) is 6.24. The minimum Gasteiger partial charge on any atom is -0.597 e. The Balaban J connectivity index is 2.96. The molecular weight excluding hydrogens is 268 g/mol. The maximum atomic E-state index is 12.5. The van der Waals surface area contributed by atoms with Crippen LogP contribution in [0, 0.1) is 0 Å². The van der Waals surface area contributed by atoms with Gasteiger partial charge in [0, 0.05) is 24.1 Å². The lowest BCUT2D eigenvalue weighted by Gasteiger charge is -2.35. The Labute approximate surface area is 118 Å². The molecule has 1 aromatic heterocycles. The van der Waals surface area contributed by atoms with Gasteiger partial charge < -0.3 is 4.55 Å². The molecule has 0 fully saturated rings. The Morgan fingerprint density at radius 3 is 2.56 bits per heavy atom. The van der Waals surface area contributed by atoms with Gasteiger partial charge in [0.2, 0.25) is 0 Å². The Hall–Kier alpha value is -0.290. The lowest BCUT2D eigenvalue weighted by molar-refractivity contribution is 0.344. The van der Waals surface area contributed by atoms with Gasteiger partial charge in [0.05, 0.1) is 6.04 Å². The maximum absolute atomic E-state index is 12.5. The highest BCUT2D eigenvalue weighted by atomic mass is 35.5. The fourth-order valence-electron chi connectivity index (χ4n) is 1.73. The number of hydrogen-bond donors (Lipinski definition) is 0. The quantitative estimate of drug-likeness (QED) is 0.628.